The summed E-state index contributed by atoms with van der Waals surface area (Å²) < 4.78 is 27.7. The molecule has 3 N–H and O–H groups in total. The molecule has 0 spiro atoms. The number of alkyl halides is 2. The lowest BCUT2D eigenvalue weighted by atomic mass is 9.86. The number of nitrogens with zero attached hydrogens (tertiary/aromatic N) is 5. The first-order valence-electron chi connectivity index (χ1n) is 14.2. The first-order valence-corrected chi connectivity index (χ1v) is 14.2. The fourth-order valence-electron chi connectivity index (χ4n) is 5.59. The van der Waals surface area contributed by atoms with Gasteiger partial charge in [-0.1, -0.05) is 18.4 Å². The fraction of sp³-hybridized carbons (Fsp3) is 0.242. The summed E-state index contributed by atoms with van der Waals surface area (Å²) in [6.07, 6.45) is 5.10. The smallest absolute Gasteiger partial charge is 0.280 e. The largest absolute Gasteiger partial charge is 0.383 e. The van der Waals surface area contributed by atoms with Gasteiger partial charge in [0.05, 0.1) is 17.2 Å². The summed E-state index contributed by atoms with van der Waals surface area (Å²) in [4.78, 5) is 30.7. The zero-order valence-electron chi connectivity index (χ0n) is 23.1. The molecule has 1 fully saturated rings. The zero-order chi connectivity index (χ0) is 29.5. The van der Waals surface area contributed by atoms with Gasteiger partial charge in [0.25, 0.3) is 12.3 Å². The van der Waals surface area contributed by atoms with E-state index in [1.54, 1.807) is 6.20 Å². The van der Waals surface area contributed by atoms with Crippen molar-refractivity contribution in [3.05, 3.63) is 95.1 Å². The lowest BCUT2D eigenvalue weighted by Crippen LogP contribution is -2.27. The summed E-state index contributed by atoms with van der Waals surface area (Å²) >= 11 is 0. The molecular weight excluding hydrogens is 548 g/mol. The van der Waals surface area contributed by atoms with E-state index in [1.165, 1.54) is 24.8 Å². The van der Waals surface area contributed by atoms with Gasteiger partial charge in [0, 0.05) is 24.0 Å². The maximum atomic E-state index is 12.9. The minimum absolute atomic E-state index is 0.217. The minimum Gasteiger partial charge on any atom is -0.383 e. The quantitative estimate of drug-likeness (QED) is 0.250. The van der Waals surface area contributed by atoms with E-state index in [0.29, 0.717) is 46.4 Å². The maximum absolute atomic E-state index is 12.9. The number of hydrogen-bond donors (Lipinski definition) is 2. The Balaban J connectivity index is 1.24. The normalized spacial score (nSPS) is 16.0. The predicted octanol–water partition coefficient (Wildman–Crippen LogP) is 5.97. The number of carbonyl (C=O) groups is 1. The number of hydrogen-bond acceptors (Lipinski definition) is 6. The molecule has 8 nitrogen and oxygen atoms in total. The third-order valence-corrected chi connectivity index (χ3v) is 8.13. The number of aryl methyl sites for hydroxylation is 1. The highest BCUT2D eigenvalue weighted by Crippen LogP contribution is 2.36. The number of amides is 1. The van der Waals surface area contributed by atoms with Crippen LogP contribution in [-0.2, 0) is 6.42 Å². The van der Waals surface area contributed by atoms with Crippen molar-refractivity contribution < 1.29 is 13.6 Å². The number of nitrogens with one attached hydrogen (secondary N) is 1. The average molecular weight is 576 g/mol. The van der Waals surface area contributed by atoms with Gasteiger partial charge in [-0.25, -0.2) is 23.7 Å². The van der Waals surface area contributed by atoms with Gasteiger partial charge in [0.2, 0.25) is 0 Å². The molecule has 1 amide bonds. The molecule has 214 valence electrons. The molecular formula is C33H27F2N7O. The molecule has 0 bridgehead atoms. The SMILES string of the molecule is Nc1ncccc1-c1nc2ccc(C#CC3CCC3)nc2n1-c1ccc2c(c1)CC[C@@H]2NC(=O)c1ccc(C(F)F)nc1. The van der Waals surface area contributed by atoms with Gasteiger partial charge in [-0.3, -0.25) is 14.3 Å². The number of rotatable bonds is 5. The topological polar surface area (TPSA) is 112 Å². The molecule has 0 unspecified atom stereocenters. The van der Waals surface area contributed by atoms with Gasteiger partial charge in [0.15, 0.2) is 11.5 Å². The Hall–Kier alpha value is -5.17. The molecule has 10 heteroatoms. The number of imidazole rings is 1. The first-order chi connectivity index (χ1) is 20.9. The molecule has 0 aliphatic heterocycles. The number of pyridine rings is 3. The molecule has 5 aromatic rings. The molecule has 7 rings (SSSR count). The fourth-order valence-corrected chi connectivity index (χ4v) is 5.59. The van der Waals surface area contributed by atoms with Crippen LogP contribution in [-0.4, -0.2) is 30.4 Å². The average Bonchev–Trinajstić information content (AvgIpc) is 3.57. The lowest BCUT2D eigenvalue weighted by molar-refractivity contribution is 0.0935. The van der Waals surface area contributed by atoms with Crippen LogP contribution in [0.25, 0.3) is 28.2 Å². The van der Waals surface area contributed by atoms with Crippen LogP contribution in [0.2, 0.25) is 0 Å². The number of fused-ring (bicyclic) bond motifs is 2. The van der Waals surface area contributed by atoms with E-state index in [4.69, 9.17) is 15.7 Å². The van der Waals surface area contributed by atoms with E-state index in [1.807, 2.05) is 41.0 Å². The van der Waals surface area contributed by atoms with E-state index in [2.05, 4.69) is 33.2 Å². The Morgan fingerprint density at radius 2 is 1.93 bits per heavy atom. The molecule has 43 heavy (non-hydrogen) atoms. The summed E-state index contributed by atoms with van der Waals surface area (Å²) in [5, 5.41) is 3.03. The number of aromatic nitrogens is 5. The van der Waals surface area contributed by atoms with Crippen molar-refractivity contribution in [2.45, 2.75) is 44.6 Å². The summed E-state index contributed by atoms with van der Waals surface area (Å²) in [5.74, 6) is 7.65. The van der Waals surface area contributed by atoms with Crippen LogP contribution in [0.15, 0.2) is 67.0 Å². The zero-order valence-corrected chi connectivity index (χ0v) is 23.1. The van der Waals surface area contributed by atoms with Gasteiger partial charge in [-0.15, -0.1) is 0 Å². The van der Waals surface area contributed by atoms with Crippen LogP contribution in [0.3, 0.4) is 0 Å². The number of benzene rings is 1. The van der Waals surface area contributed by atoms with Crippen molar-refractivity contribution in [1.29, 1.82) is 0 Å². The molecule has 4 heterocycles. The van der Waals surface area contributed by atoms with Gasteiger partial charge in [0.1, 0.15) is 22.7 Å². The molecule has 0 saturated heterocycles. The standard InChI is InChI=1S/C33H27F2N7O/c34-29(35)27-14-8-21(18-38-27)33(43)41-26-13-7-20-17-23(11-12-24(20)26)42-31(25-5-2-16-37-30(25)36)40-28-15-10-22(39-32(28)42)9-6-19-3-1-4-19/h2,5,8,10-12,14-19,26,29H,1,3-4,7,13H2,(H2,36,37)(H,41,43)/t26-/m0/s1. The predicted molar refractivity (Wildman–Crippen MR) is 158 cm³/mol. The second-order valence-corrected chi connectivity index (χ2v) is 10.9. The van der Waals surface area contributed by atoms with Gasteiger partial charge < -0.3 is 11.1 Å². The molecule has 2 aliphatic rings. The van der Waals surface area contributed by atoms with Crippen molar-refractivity contribution in [1.82, 2.24) is 29.8 Å². The van der Waals surface area contributed by atoms with Crippen LogP contribution in [0, 0.1) is 17.8 Å². The Bertz CT molecular complexity index is 1920. The Morgan fingerprint density at radius 3 is 2.67 bits per heavy atom. The third kappa shape index (κ3) is 5.07. The van der Waals surface area contributed by atoms with E-state index in [0.717, 1.165) is 36.1 Å². The van der Waals surface area contributed by atoms with E-state index >= 15 is 0 Å². The number of carbonyl (C=O) groups excluding carboxylic acids is 1. The van der Waals surface area contributed by atoms with Gasteiger partial charge in [-0.05, 0) is 91.3 Å². The summed E-state index contributed by atoms with van der Waals surface area (Å²) in [7, 11) is 0. The summed E-state index contributed by atoms with van der Waals surface area (Å²) in [6.45, 7) is 0. The highest BCUT2D eigenvalue weighted by Gasteiger charge is 2.26. The maximum Gasteiger partial charge on any atom is 0.280 e. The van der Waals surface area contributed by atoms with Gasteiger partial charge >= 0.3 is 0 Å². The first kappa shape index (κ1) is 26.7. The van der Waals surface area contributed by atoms with Crippen molar-refractivity contribution in [3.63, 3.8) is 0 Å². The highest BCUT2D eigenvalue weighted by molar-refractivity contribution is 5.94. The monoisotopic (exact) mass is 575 g/mol. The van der Waals surface area contributed by atoms with Crippen LogP contribution < -0.4 is 11.1 Å². The van der Waals surface area contributed by atoms with Crippen LogP contribution >= 0.6 is 0 Å². The third-order valence-electron chi connectivity index (χ3n) is 8.13. The molecule has 1 aromatic carbocycles. The number of nitrogen functional groups attached to an aromatic ring is 1. The molecule has 2 aliphatic carbocycles. The van der Waals surface area contributed by atoms with Crippen LogP contribution in [0.5, 0.6) is 0 Å². The Morgan fingerprint density at radius 1 is 1.05 bits per heavy atom. The Labute approximate surface area is 246 Å². The molecule has 1 atom stereocenters. The van der Waals surface area contributed by atoms with Gasteiger partial charge in [-0.2, -0.15) is 0 Å². The molecule has 0 radical (unpaired) electrons. The van der Waals surface area contributed by atoms with Crippen molar-refractivity contribution >= 4 is 22.9 Å². The van der Waals surface area contributed by atoms with Crippen molar-refractivity contribution in [2.75, 3.05) is 5.73 Å². The second-order valence-electron chi connectivity index (χ2n) is 10.9. The van der Waals surface area contributed by atoms with Crippen LogP contribution in [0.1, 0.15) is 71.0 Å². The van der Waals surface area contributed by atoms with E-state index < -0.39 is 6.43 Å². The van der Waals surface area contributed by atoms with E-state index in [9.17, 15) is 13.6 Å². The van der Waals surface area contributed by atoms with E-state index in [-0.39, 0.29) is 23.2 Å². The van der Waals surface area contributed by atoms with Crippen molar-refractivity contribution in [2.24, 2.45) is 5.92 Å². The summed E-state index contributed by atoms with van der Waals surface area (Å²) in [5.41, 5.74) is 11.9. The second kappa shape index (κ2) is 10.9. The number of anilines is 1. The number of halogens is 2. The molecule has 1 saturated carbocycles. The minimum atomic E-state index is -2.68. The number of nitrogens with two attached hydrogens (primary N) is 1. The van der Waals surface area contributed by atoms with Crippen LogP contribution in [0.4, 0.5) is 14.6 Å². The molecule has 4 aromatic heterocycles. The Kier molecular flexibility index (Phi) is 6.78. The summed E-state index contributed by atoms with van der Waals surface area (Å²) in [6, 6.07) is 15.9. The highest BCUT2D eigenvalue weighted by atomic mass is 19.3. The lowest BCUT2D eigenvalue weighted by Gasteiger charge is -2.18. The van der Waals surface area contributed by atoms with Crippen molar-refractivity contribution in [3.8, 4) is 28.9 Å².